The Morgan fingerprint density at radius 1 is 1.05 bits per heavy atom. The smallest absolute Gasteiger partial charge is 0.419 e. The number of amides is 1. The number of benzene rings is 2. The van der Waals surface area contributed by atoms with Crippen LogP contribution in [-0.4, -0.2) is 57.8 Å². The van der Waals surface area contributed by atoms with Crippen LogP contribution in [0.3, 0.4) is 0 Å². The summed E-state index contributed by atoms with van der Waals surface area (Å²) in [7, 11) is 1.50. The number of ether oxygens (including phenoxy) is 2. The molecule has 0 saturated carbocycles. The van der Waals surface area contributed by atoms with Crippen LogP contribution < -0.4 is 10.1 Å². The molecule has 2 aromatic carbocycles. The Bertz CT molecular complexity index is 1480. The van der Waals surface area contributed by atoms with Crippen LogP contribution in [-0.2, 0) is 35.0 Å². The Hall–Kier alpha value is -4.35. The first-order valence-electron chi connectivity index (χ1n) is 14.4. The summed E-state index contributed by atoms with van der Waals surface area (Å²) in [5.74, 6) is -0.379. The summed E-state index contributed by atoms with van der Waals surface area (Å²) in [5, 5.41) is 12.2. The van der Waals surface area contributed by atoms with Crippen LogP contribution in [0.1, 0.15) is 67.5 Å². The van der Waals surface area contributed by atoms with Crippen LogP contribution >= 0.6 is 0 Å². The molecule has 0 spiro atoms. The molecule has 236 valence electrons. The van der Waals surface area contributed by atoms with E-state index in [9.17, 15) is 27.9 Å². The predicted octanol–water partition coefficient (Wildman–Crippen LogP) is 6.77. The number of aryl methyl sites for hydroxylation is 2. The first-order chi connectivity index (χ1) is 20.7. The number of anilines is 2. The zero-order chi connectivity index (χ0) is 32.1. The van der Waals surface area contributed by atoms with E-state index in [0.717, 1.165) is 24.6 Å². The van der Waals surface area contributed by atoms with E-state index in [1.807, 2.05) is 32.9 Å². The Labute approximate surface area is 254 Å². The van der Waals surface area contributed by atoms with E-state index < -0.39 is 23.3 Å². The maximum atomic E-state index is 13.8. The summed E-state index contributed by atoms with van der Waals surface area (Å²) in [4.78, 5) is 33.5. The van der Waals surface area contributed by atoms with E-state index in [4.69, 9.17) is 9.47 Å². The number of carbonyl (C=O) groups is 2. The van der Waals surface area contributed by atoms with Crippen LogP contribution in [0.5, 0.6) is 5.75 Å². The standard InChI is InChI=1S/C32H37F3N4O5/c1-31(2,3)44-30(42)39-15-13-21(14-16-39)23-10-12-26(27(17-23)43-4)38-29-36-19-24(32(33,34)35)25(37-29)11-9-20-7-5-6-8-22(20)18-28(40)41/h5-8,10,12,17,19,21H,9,11,13-16,18H2,1-4H3,(H,40,41)(H,36,37,38). The Balaban J connectivity index is 1.49. The molecule has 1 aliphatic rings. The van der Waals surface area contributed by atoms with Crippen molar-refractivity contribution in [2.24, 2.45) is 0 Å². The average Bonchev–Trinajstić information content (AvgIpc) is 2.95. The van der Waals surface area contributed by atoms with Gasteiger partial charge in [0.1, 0.15) is 11.4 Å². The van der Waals surface area contributed by atoms with Crippen molar-refractivity contribution in [3.05, 3.63) is 76.6 Å². The molecule has 12 heteroatoms. The zero-order valence-electron chi connectivity index (χ0n) is 25.2. The molecule has 44 heavy (non-hydrogen) atoms. The SMILES string of the molecule is COc1cc(C2CCN(C(=O)OC(C)(C)C)CC2)ccc1Nc1ncc(C(F)(F)F)c(CCc2ccccc2CC(=O)O)n1. The lowest BCUT2D eigenvalue weighted by Crippen LogP contribution is -2.41. The molecule has 3 aromatic rings. The number of nitrogens with one attached hydrogen (secondary N) is 1. The summed E-state index contributed by atoms with van der Waals surface area (Å²) in [5.41, 5.74) is 0.984. The van der Waals surface area contributed by atoms with Gasteiger partial charge in [-0.05, 0) is 81.2 Å². The van der Waals surface area contributed by atoms with Crippen molar-refractivity contribution in [1.29, 1.82) is 0 Å². The van der Waals surface area contributed by atoms with E-state index in [1.165, 1.54) is 7.11 Å². The van der Waals surface area contributed by atoms with E-state index in [0.29, 0.717) is 35.7 Å². The summed E-state index contributed by atoms with van der Waals surface area (Å²) in [6.07, 6.45) is -2.86. The number of alkyl halides is 3. The van der Waals surface area contributed by atoms with E-state index in [-0.39, 0.29) is 42.9 Å². The molecule has 1 aromatic heterocycles. The number of likely N-dealkylation sites (tertiary alicyclic amines) is 1. The highest BCUT2D eigenvalue weighted by atomic mass is 19.4. The van der Waals surface area contributed by atoms with Gasteiger partial charge in [-0.1, -0.05) is 30.3 Å². The van der Waals surface area contributed by atoms with Crippen molar-refractivity contribution in [2.75, 3.05) is 25.5 Å². The molecule has 1 amide bonds. The highest BCUT2D eigenvalue weighted by Crippen LogP contribution is 2.36. The number of carboxylic acid groups (broad SMARTS) is 1. The highest BCUT2D eigenvalue weighted by Gasteiger charge is 2.35. The summed E-state index contributed by atoms with van der Waals surface area (Å²) in [6.45, 7) is 6.62. The van der Waals surface area contributed by atoms with Gasteiger partial charge in [-0.2, -0.15) is 13.2 Å². The summed E-state index contributed by atoms with van der Waals surface area (Å²) < 4.78 is 52.6. The van der Waals surface area contributed by atoms with Crippen molar-refractivity contribution in [3.63, 3.8) is 0 Å². The van der Waals surface area contributed by atoms with Gasteiger partial charge < -0.3 is 24.8 Å². The fourth-order valence-electron chi connectivity index (χ4n) is 5.20. The molecule has 1 fully saturated rings. The minimum Gasteiger partial charge on any atom is -0.495 e. The molecule has 0 atom stereocenters. The predicted molar refractivity (Wildman–Crippen MR) is 158 cm³/mol. The van der Waals surface area contributed by atoms with Gasteiger partial charge in [0.2, 0.25) is 5.95 Å². The number of carbonyl (C=O) groups excluding carboxylic acids is 1. The number of aromatic nitrogens is 2. The first-order valence-corrected chi connectivity index (χ1v) is 14.4. The Morgan fingerprint density at radius 3 is 2.34 bits per heavy atom. The number of methoxy groups -OCH3 is 1. The fraction of sp³-hybridized carbons (Fsp3) is 0.438. The molecule has 2 heterocycles. The van der Waals surface area contributed by atoms with E-state index in [1.54, 1.807) is 35.2 Å². The molecule has 0 bridgehead atoms. The van der Waals surface area contributed by atoms with Crippen molar-refractivity contribution in [2.45, 2.75) is 70.6 Å². The topological polar surface area (TPSA) is 114 Å². The van der Waals surface area contributed by atoms with Gasteiger partial charge in [0.05, 0.1) is 30.5 Å². The average molecular weight is 615 g/mol. The maximum absolute atomic E-state index is 13.8. The van der Waals surface area contributed by atoms with E-state index in [2.05, 4.69) is 15.3 Å². The number of rotatable bonds is 9. The van der Waals surface area contributed by atoms with Gasteiger partial charge in [-0.15, -0.1) is 0 Å². The molecule has 0 unspecified atom stereocenters. The van der Waals surface area contributed by atoms with Gasteiger partial charge in [0, 0.05) is 19.3 Å². The second-order valence-electron chi connectivity index (χ2n) is 11.7. The monoisotopic (exact) mass is 614 g/mol. The fourth-order valence-corrected chi connectivity index (χ4v) is 5.20. The highest BCUT2D eigenvalue weighted by molar-refractivity contribution is 5.71. The molecular formula is C32H37F3N4O5. The quantitative estimate of drug-likeness (QED) is 0.271. The van der Waals surface area contributed by atoms with Crippen LogP contribution in [0.25, 0.3) is 0 Å². The van der Waals surface area contributed by atoms with Crippen molar-refractivity contribution < 1.29 is 37.3 Å². The summed E-state index contributed by atoms with van der Waals surface area (Å²) in [6, 6.07) is 12.3. The lowest BCUT2D eigenvalue weighted by atomic mass is 9.89. The first kappa shape index (κ1) is 32.6. The lowest BCUT2D eigenvalue weighted by molar-refractivity contribution is -0.139. The van der Waals surface area contributed by atoms with Gasteiger partial charge >= 0.3 is 18.2 Å². The van der Waals surface area contributed by atoms with Gasteiger partial charge in [0.15, 0.2) is 0 Å². The molecular weight excluding hydrogens is 577 g/mol. The third kappa shape index (κ3) is 8.61. The van der Waals surface area contributed by atoms with Crippen LogP contribution in [0.2, 0.25) is 0 Å². The minimum atomic E-state index is -4.66. The molecule has 1 saturated heterocycles. The Morgan fingerprint density at radius 2 is 1.73 bits per heavy atom. The number of hydrogen-bond donors (Lipinski definition) is 2. The van der Waals surface area contributed by atoms with Crippen molar-refractivity contribution in [1.82, 2.24) is 14.9 Å². The molecule has 4 rings (SSSR count). The molecule has 9 nitrogen and oxygen atoms in total. The molecule has 0 aliphatic carbocycles. The molecule has 2 N–H and O–H groups in total. The van der Waals surface area contributed by atoms with Crippen LogP contribution in [0.4, 0.5) is 29.6 Å². The number of halogens is 3. The largest absolute Gasteiger partial charge is 0.495 e. The lowest BCUT2D eigenvalue weighted by Gasteiger charge is -2.33. The second-order valence-corrected chi connectivity index (χ2v) is 11.7. The number of nitrogens with zero attached hydrogens (tertiary/aromatic N) is 3. The number of piperidine rings is 1. The number of carboxylic acids is 1. The number of hydrogen-bond acceptors (Lipinski definition) is 7. The molecule has 0 radical (unpaired) electrons. The Kier molecular flexibility index (Phi) is 10.0. The van der Waals surface area contributed by atoms with E-state index >= 15 is 0 Å². The van der Waals surface area contributed by atoms with Crippen LogP contribution in [0, 0.1) is 0 Å². The maximum Gasteiger partial charge on any atom is 0.419 e. The third-order valence-electron chi connectivity index (χ3n) is 7.35. The van der Waals surface area contributed by atoms with Gasteiger partial charge in [-0.3, -0.25) is 4.79 Å². The van der Waals surface area contributed by atoms with Crippen LogP contribution in [0.15, 0.2) is 48.7 Å². The second kappa shape index (κ2) is 13.5. The number of aliphatic carboxylic acids is 1. The third-order valence-corrected chi connectivity index (χ3v) is 7.35. The molecule has 1 aliphatic heterocycles. The van der Waals surface area contributed by atoms with Gasteiger partial charge in [-0.25, -0.2) is 14.8 Å². The van der Waals surface area contributed by atoms with Crippen molar-refractivity contribution >= 4 is 23.7 Å². The zero-order valence-corrected chi connectivity index (χ0v) is 25.2. The van der Waals surface area contributed by atoms with Crippen molar-refractivity contribution in [3.8, 4) is 5.75 Å². The van der Waals surface area contributed by atoms with Gasteiger partial charge in [0.25, 0.3) is 0 Å². The summed E-state index contributed by atoms with van der Waals surface area (Å²) >= 11 is 0. The normalized spacial score (nSPS) is 14.3. The minimum absolute atomic E-state index is 0.0245.